The molecule has 0 unspecified atom stereocenters. The monoisotopic (exact) mass is 330 g/mol. The molecule has 0 atom stereocenters. The second-order valence-electron chi connectivity index (χ2n) is 6.64. The summed E-state index contributed by atoms with van der Waals surface area (Å²) in [6.07, 6.45) is 3.04. The number of fused-ring (bicyclic) bond motifs is 2. The van der Waals surface area contributed by atoms with Gasteiger partial charge in [-0.15, -0.1) is 0 Å². The van der Waals surface area contributed by atoms with Crippen LogP contribution in [0.1, 0.15) is 31.2 Å². The molecule has 2 aromatic heterocycles. The highest BCUT2D eigenvalue weighted by atomic mass is 15.0. The summed E-state index contributed by atoms with van der Waals surface area (Å²) in [6.45, 7) is 5.08. The zero-order chi connectivity index (χ0) is 17.2. The van der Waals surface area contributed by atoms with E-state index in [-0.39, 0.29) is 0 Å². The molecule has 4 aromatic rings. The lowest BCUT2D eigenvalue weighted by atomic mass is 10.1. The first-order valence-electron chi connectivity index (χ1n) is 8.78. The van der Waals surface area contributed by atoms with Crippen molar-refractivity contribution >= 4 is 27.6 Å². The van der Waals surface area contributed by atoms with E-state index in [1.807, 2.05) is 18.2 Å². The third-order valence-corrected chi connectivity index (χ3v) is 4.50. The summed E-state index contributed by atoms with van der Waals surface area (Å²) < 4.78 is 0. The predicted octanol–water partition coefficient (Wildman–Crippen LogP) is 4.89. The summed E-state index contributed by atoms with van der Waals surface area (Å²) in [5.74, 6) is 2.11. The van der Waals surface area contributed by atoms with E-state index in [2.05, 4.69) is 65.7 Å². The highest BCUT2D eigenvalue weighted by Crippen LogP contribution is 2.23. The lowest BCUT2D eigenvalue weighted by molar-refractivity contribution is 0.783. The number of hydrogen-bond acceptors (Lipinski definition) is 3. The lowest BCUT2D eigenvalue weighted by Crippen LogP contribution is -2.09. The van der Waals surface area contributed by atoms with E-state index in [4.69, 9.17) is 4.98 Å². The van der Waals surface area contributed by atoms with Crippen LogP contribution >= 0.6 is 0 Å². The second kappa shape index (κ2) is 6.55. The number of benzene rings is 2. The van der Waals surface area contributed by atoms with Crippen molar-refractivity contribution in [2.24, 2.45) is 0 Å². The average Bonchev–Trinajstić information content (AvgIpc) is 3.05. The fourth-order valence-electron chi connectivity index (χ4n) is 3.14. The van der Waals surface area contributed by atoms with E-state index in [0.717, 1.165) is 35.5 Å². The minimum Gasteiger partial charge on any atom is -0.369 e. The Hall–Kier alpha value is -2.88. The predicted molar refractivity (Wildman–Crippen MR) is 104 cm³/mol. The van der Waals surface area contributed by atoms with E-state index in [9.17, 15) is 0 Å². The number of H-pyrrole nitrogens is 1. The largest absolute Gasteiger partial charge is 0.369 e. The van der Waals surface area contributed by atoms with Crippen LogP contribution in [-0.4, -0.2) is 21.5 Å². The molecule has 0 bridgehead atoms. The standard InChI is InChI=1S/C21H22N4/c1-14(2)20-24-19-10-6-4-8-17(19)21(25-20)22-12-11-15-13-23-18-9-5-3-7-16(15)18/h3-10,13-14,23H,11-12H2,1-2H3,(H,22,24,25). The van der Waals surface area contributed by atoms with Gasteiger partial charge in [0.15, 0.2) is 0 Å². The van der Waals surface area contributed by atoms with Crippen molar-refractivity contribution in [2.75, 3.05) is 11.9 Å². The quantitative estimate of drug-likeness (QED) is 0.548. The Kier molecular flexibility index (Phi) is 4.10. The Balaban J connectivity index is 1.58. The van der Waals surface area contributed by atoms with E-state index >= 15 is 0 Å². The van der Waals surface area contributed by atoms with Crippen molar-refractivity contribution in [1.29, 1.82) is 0 Å². The summed E-state index contributed by atoms with van der Waals surface area (Å²) in [4.78, 5) is 12.8. The third kappa shape index (κ3) is 3.07. The van der Waals surface area contributed by atoms with Gasteiger partial charge >= 0.3 is 0 Å². The molecule has 0 radical (unpaired) electrons. The molecule has 0 saturated carbocycles. The van der Waals surface area contributed by atoms with Gasteiger partial charge in [-0.25, -0.2) is 9.97 Å². The number of aromatic amines is 1. The van der Waals surface area contributed by atoms with Crippen molar-refractivity contribution < 1.29 is 0 Å². The van der Waals surface area contributed by atoms with Crippen LogP contribution in [0.4, 0.5) is 5.82 Å². The maximum absolute atomic E-state index is 4.75. The Morgan fingerprint density at radius 3 is 2.56 bits per heavy atom. The van der Waals surface area contributed by atoms with Gasteiger partial charge in [-0.3, -0.25) is 0 Å². The smallest absolute Gasteiger partial charge is 0.137 e. The third-order valence-electron chi connectivity index (χ3n) is 4.50. The van der Waals surface area contributed by atoms with Crippen molar-refractivity contribution in [3.63, 3.8) is 0 Å². The minimum atomic E-state index is 0.304. The first kappa shape index (κ1) is 15.6. The average molecular weight is 330 g/mol. The summed E-state index contributed by atoms with van der Waals surface area (Å²) in [5, 5.41) is 5.89. The van der Waals surface area contributed by atoms with Gasteiger partial charge in [0, 0.05) is 34.9 Å². The maximum Gasteiger partial charge on any atom is 0.137 e. The topological polar surface area (TPSA) is 53.6 Å². The van der Waals surface area contributed by atoms with Gasteiger partial charge in [0.2, 0.25) is 0 Å². The molecule has 25 heavy (non-hydrogen) atoms. The summed E-state index contributed by atoms with van der Waals surface area (Å²) >= 11 is 0. The Morgan fingerprint density at radius 2 is 1.72 bits per heavy atom. The van der Waals surface area contributed by atoms with Crippen LogP contribution in [0.15, 0.2) is 54.7 Å². The van der Waals surface area contributed by atoms with Crippen molar-refractivity contribution in [3.8, 4) is 0 Å². The van der Waals surface area contributed by atoms with E-state index in [1.165, 1.54) is 16.5 Å². The summed E-state index contributed by atoms with van der Waals surface area (Å²) in [7, 11) is 0. The molecule has 4 rings (SSSR count). The van der Waals surface area contributed by atoms with Gasteiger partial charge in [-0.2, -0.15) is 0 Å². The molecule has 0 aliphatic rings. The normalized spacial score (nSPS) is 11.5. The molecular weight excluding hydrogens is 308 g/mol. The van der Waals surface area contributed by atoms with Crippen molar-refractivity contribution in [2.45, 2.75) is 26.2 Å². The van der Waals surface area contributed by atoms with Crippen LogP contribution in [0.5, 0.6) is 0 Å². The number of hydrogen-bond donors (Lipinski definition) is 2. The van der Waals surface area contributed by atoms with Crippen LogP contribution < -0.4 is 5.32 Å². The summed E-state index contributed by atoms with van der Waals surface area (Å²) in [5.41, 5.74) is 3.51. The van der Waals surface area contributed by atoms with E-state index < -0.39 is 0 Å². The summed E-state index contributed by atoms with van der Waals surface area (Å²) in [6, 6.07) is 16.6. The molecule has 2 heterocycles. The van der Waals surface area contributed by atoms with Gasteiger partial charge in [0.05, 0.1) is 5.52 Å². The number of aromatic nitrogens is 3. The molecule has 0 aliphatic heterocycles. The zero-order valence-electron chi connectivity index (χ0n) is 14.6. The molecule has 4 nitrogen and oxygen atoms in total. The van der Waals surface area contributed by atoms with Gasteiger partial charge in [0.1, 0.15) is 11.6 Å². The van der Waals surface area contributed by atoms with Gasteiger partial charge in [-0.1, -0.05) is 44.2 Å². The van der Waals surface area contributed by atoms with Gasteiger partial charge < -0.3 is 10.3 Å². The second-order valence-corrected chi connectivity index (χ2v) is 6.64. The minimum absolute atomic E-state index is 0.304. The highest BCUT2D eigenvalue weighted by molar-refractivity contribution is 5.89. The van der Waals surface area contributed by atoms with Crippen LogP contribution in [0, 0.1) is 0 Å². The molecule has 0 amide bonds. The molecule has 126 valence electrons. The fraction of sp³-hybridized carbons (Fsp3) is 0.238. The number of rotatable bonds is 5. The van der Waals surface area contributed by atoms with Crippen LogP contribution in [-0.2, 0) is 6.42 Å². The molecule has 2 aromatic carbocycles. The molecule has 0 fully saturated rings. The highest BCUT2D eigenvalue weighted by Gasteiger charge is 2.10. The molecular formula is C21H22N4. The first-order chi connectivity index (χ1) is 12.2. The molecule has 4 heteroatoms. The fourth-order valence-corrected chi connectivity index (χ4v) is 3.14. The van der Waals surface area contributed by atoms with Crippen LogP contribution in [0.2, 0.25) is 0 Å². The van der Waals surface area contributed by atoms with Crippen molar-refractivity contribution in [3.05, 3.63) is 66.1 Å². The lowest BCUT2D eigenvalue weighted by Gasteiger charge is -2.12. The Labute approximate surface area is 147 Å². The van der Waals surface area contributed by atoms with E-state index in [0.29, 0.717) is 5.92 Å². The molecule has 0 aliphatic carbocycles. The number of nitrogens with zero attached hydrogens (tertiary/aromatic N) is 2. The molecule has 0 saturated heterocycles. The maximum atomic E-state index is 4.75. The number of nitrogens with one attached hydrogen (secondary N) is 2. The Bertz CT molecular complexity index is 1020. The van der Waals surface area contributed by atoms with Gasteiger partial charge in [-0.05, 0) is 30.2 Å². The molecule has 2 N–H and O–H groups in total. The SMILES string of the molecule is CC(C)c1nc(NCCc2c[nH]c3ccccc23)c2ccccc2n1. The molecule has 0 spiro atoms. The first-order valence-corrected chi connectivity index (χ1v) is 8.78. The van der Waals surface area contributed by atoms with Crippen LogP contribution in [0.25, 0.3) is 21.8 Å². The van der Waals surface area contributed by atoms with Crippen LogP contribution in [0.3, 0.4) is 0 Å². The number of para-hydroxylation sites is 2. The zero-order valence-corrected chi connectivity index (χ0v) is 14.6. The van der Waals surface area contributed by atoms with Crippen molar-refractivity contribution in [1.82, 2.24) is 15.0 Å². The van der Waals surface area contributed by atoms with E-state index in [1.54, 1.807) is 0 Å². The van der Waals surface area contributed by atoms with Gasteiger partial charge in [0.25, 0.3) is 0 Å². The Morgan fingerprint density at radius 1 is 0.960 bits per heavy atom. The number of anilines is 1.